The highest BCUT2D eigenvalue weighted by Crippen LogP contribution is 2.17. The summed E-state index contributed by atoms with van der Waals surface area (Å²) in [6.45, 7) is 6.25. The first kappa shape index (κ1) is 16.8. The van der Waals surface area contributed by atoms with Gasteiger partial charge in [0.25, 0.3) is 0 Å². The summed E-state index contributed by atoms with van der Waals surface area (Å²) >= 11 is 0. The number of nitrogens with one attached hydrogen (secondary N) is 1. The van der Waals surface area contributed by atoms with Crippen LogP contribution in [-0.2, 0) is 11.3 Å². The van der Waals surface area contributed by atoms with E-state index in [2.05, 4.69) is 5.32 Å². The molecule has 1 heterocycles. The molecule has 1 aliphatic rings. The Morgan fingerprint density at radius 2 is 2.15 bits per heavy atom. The molecule has 0 aromatic heterocycles. The molecule has 0 radical (unpaired) electrons. The third kappa shape index (κ3) is 4.39. The number of halogens is 1. The fourth-order valence-corrected chi connectivity index (χ4v) is 2.12. The molecule has 20 heavy (non-hydrogen) atoms. The molecule has 0 atom stereocenters. The van der Waals surface area contributed by atoms with Gasteiger partial charge in [-0.1, -0.05) is 12.1 Å². The zero-order valence-corrected chi connectivity index (χ0v) is 13.1. The fraction of sp³-hybridized carbons (Fsp3) is 0.533. The largest absolute Gasteiger partial charge is 0.491 e. The van der Waals surface area contributed by atoms with Gasteiger partial charge >= 0.3 is 0 Å². The minimum absolute atomic E-state index is 0. The predicted octanol–water partition coefficient (Wildman–Crippen LogP) is 2.07. The molecule has 1 N–H and O–H groups in total. The Labute approximate surface area is 126 Å². The van der Waals surface area contributed by atoms with Crippen molar-refractivity contribution < 1.29 is 9.53 Å². The smallest absolute Gasteiger partial charge is 0.228 e. The summed E-state index contributed by atoms with van der Waals surface area (Å²) in [7, 11) is 1.86. The van der Waals surface area contributed by atoms with Gasteiger partial charge in [-0.25, -0.2) is 0 Å². The quantitative estimate of drug-likeness (QED) is 0.905. The van der Waals surface area contributed by atoms with Gasteiger partial charge in [0.2, 0.25) is 5.91 Å². The molecule has 1 amide bonds. The maximum atomic E-state index is 12.0. The van der Waals surface area contributed by atoms with Crippen LogP contribution in [0.1, 0.15) is 19.4 Å². The van der Waals surface area contributed by atoms with E-state index in [9.17, 15) is 4.79 Å². The molecular weight excluding hydrogens is 276 g/mol. The van der Waals surface area contributed by atoms with Crippen molar-refractivity contribution in [3.63, 3.8) is 0 Å². The molecule has 0 spiro atoms. The molecule has 5 heteroatoms. The van der Waals surface area contributed by atoms with Crippen molar-refractivity contribution in [2.45, 2.75) is 26.5 Å². The van der Waals surface area contributed by atoms with Crippen molar-refractivity contribution in [3.8, 4) is 5.75 Å². The van der Waals surface area contributed by atoms with E-state index in [0.717, 1.165) is 24.4 Å². The Bertz CT molecular complexity index is 447. The molecule has 0 bridgehead atoms. The van der Waals surface area contributed by atoms with Gasteiger partial charge in [-0.3, -0.25) is 4.79 Å². The number of amides is 1. The van der Waals surface area contributed by atoms with Gasteiger partial charge < -0.3 is 15.0 Å². The number of hydrogen-bond acceptors (Lipinski definition) is 3. The highest BCUT2D eigenvalue weighted by Gasteiger charge is 2.27. The van der Waals surface area contributed by atoms with Crippen LogP contribution in [-0.4, -0.2) is 37.0 Å². The van der Waals surface area contributed by atoms with E-state index in [1.165, 1.54) is 0 Å². The van der Waals surface area contributed by atoms with E-state index in [1.54, 1.807) is 4.90 Å². The summed E-state index contributed by atoms with van der Waals surface area (Å²) in [5.74, 6) is 1.23. The molecule has 1 aliphatic heterocycles. The monoisotopic (exact) mass is 298 g/mol. The van der Waals surface area contributed by atoms with Crippen molar-refractivity contribution in [1.82, 2.24) is 10.2 Å². The van der Waals surface area contributed by atoms with Crippen LogP contribution in [0.25, 0.3) is 0 Å². The second-order valence-electron chi connectivity index (χ2n) is 5.36. The predicted molar refractivity (Wildman–Crippen MR) is 82.3 cm³/mol. The van der Waals surface area contributed by atoms with Gasteiger partial charge in [0.05, 0.1) is 12.0 Å². The van der Waals surface area contributed by atoms with E-state index in [-0.39, 0.29) is 30.3 Å². The molecule has 4 nitrogen and oxygen atoms in total. The van der Waals surface area contributed by atoms with Crippen molar-refractivity contribution in [1.29, 1.82) is 0 Å². The SMILES string of the molecule is CC(C)Oc1cccc(CN(C)C(=O)C2CNC2)c1.Cl. The molecule has 2 rings (SSSR count). The minimum atomic E-state index is 0. The zero-order chi connectivity index (χ0) is 13.8. The first-order chi connectivity index (χ1) is 9.06. The van der Waals surface area contributed by atoms with Crippen LogP contribution in [0.15, 0.2) is 24.3 Å². The number of carbonyl (C=O) groups is 1. The fourth-order valence-electron chi connectivity index (χ4n) is 2.12. The molecule has 1 fully saturated rings. The van der Waals surface area contributed by atoms with Crippen LogP contribution in [0.3, 0.4) is 0 Å². The lowest BCUT2D eigenvalue weighted by Gasteiger charge is -2.30. The van der Waals surface area contributed by atoms with Gasteiger partial charge in [-0.05, 0) is 31.5 Å². The Balaban J connectivity index is 0.00000200. The number of rotatable bonds is 5. The Morgan fingerprint density at radius 1 is 1.45 bits per heavy atom. The summed E-state index contributed by atoms with van der Waals surface area (Å²) in [4.78, 5) is 13.8. The van der Waals surface area contributed by atoms with Gasteiger partial charge in [0.15, 0.2) is 0 Å². The molecule has 0 aliphatic carbocycles. The van der Waals surface area contributed by atoms with Gasteiger partial charge in [-0.2, -0.15) is 0 Å². The number of carbonyl (C=O) groups excluding carboxylic acids is 1. The number of hydrogen-bond donors (Lipinski definition) is 1. The second kappa shape index (κ2) is 7.50. The summed E-state index contributed by atoms with van der Waals surface area (Å²) in [5, 5.41) is 3.12. The van der Waals surface area contributed by atoms with Crippen LogP contribution in [0.2, 0.25) is 0 Å². The number of ether oxygens (including phenoxy) is 1. The van der Waals surface area contributed by atoms with Crippen molar-refractivity contribution >= 4 is 18.3 Å². The molecule has 1 saturated heterocycles. The topological polar surface area (TPSA) is 41.6 Å². The summed E-state index contributed by atoms with van der Waals surface area (Å²) < 4.78 is 5.66. The van der Waals surface area contributed by atoms with Crippen molar-refractivity contribution in [2.75, 3.05) is 20.1 Å². The van der Waals surface area contributed by atoms with Crippen LogP contribution >= 0.6 is 12.4 Å². The van der Waals surface area contributed by atoms with Gasteiger partial charge in [-0.15, -0.1) is 12.4 Å². The average Bonchev–Trinajstić information content (AvgIpc) is 2.26. The van der Waals surface area contributed by atoms with E-state index in [0.29, 0.717) is 6.54 Å². The third-order valence-corrected chi connectivity index (χ3v) is 3.20. The lowest BCUT2D eigenvalue weighted by atomic mass is 10.0. The molecule has 1 aromatic carbocycles. The summed E-state index contributed by atoms with van der Waals surface area (Å²) in [6, 6.07) is 7.94. The van der Waals surface area contributed by atoms with Crippen molar-refractivity contribution in [2.24, 2.45) is 5.92 Å². The molecule has 0 saturated carbocycles. The van der Waals surface area contributed by atoms with Crippen LogP contribution in [0.5, 0.6) is 5.75 Å². The standard InChI is InChI=1S/C15H22N2O2.ClH/c1-11(2)19-14-6-4-5-12(7-14)10-17(3)15(18)13-8-16-9-13;/h4-7,11,13,16H,8-10H2,1-3H3;1H. The number of benzene rings is 1. The van der Waals surface area contributed by atoms with E-state index >= 15 is 0 Å². The first-order valence-electron chi connectivity index (χ1n) is 6.77. The zero-order valence-electron chi connectivity index (χ0n) is 12.3. The van der Waals surface area contributed by atoms with Crippen molar-refractivity contribution in [3.05, 3.63) is 29.8 Å². The first-order valence-corrected chi connectivity index (χ1v) is 6.77. The normalized spacial score (nSPS) is 14.4. The average molecular weight is 299 g/mol. The highest BCUT2D eigenvalue weighted by atomic mass is 35.5. The van der Waals surface area contributed by atoms with Crippen LogP contribution < -0.4 is 10.1 Å². The van der Waals surface area contributed by atoms with E-state index < -0.39 is 0 Å². The van der Waals surface area contributed by atoms with Crippen LogP contribution in [0.4, 0.5) is 0 Å². The third-order valence-electron chi connectivity index (χ3n) is 3.20. The maximum absolute atomic E-state index is 12.0. The summed E-state index contributed by atoms with van der Waals surface area (Å²) in [5.41, 5.74) is 1.10. The summed E-state index contributed by atoms with van der Waals surface area (Å²) in [6.07, 6.45) is 0.163. The molecule has 112 valence electrons. The minimum Gasteiger partial charge on any atom is -0.491 e. The number of nitrogens with zero attached hydrogens (tertiary/aromatic N) is 1. The van der Waals surface area contributed by atoms with E-state index in [4.69, 9.17) is 4.74 Å². The van der Waals surface area contributed by atoms with Gasteiger partial charge in [0, 0.05) is 26.7 Å². The molecule has 1 aromatic rings. The highest BCUT2D eigenvalue weighted by molar-refractivity contribution is 5.85. The molecular formula is C15H23ClN2O2. The lowest BCUT2D eigenvalue weighted by molar-refractivity contribution is -0.136. The van der Waals surface area contributed by atoms with Gasteiger partial charge in [0.1, 0.15) is 5.75 Å². The Hall–Kier alpha value is -1.26. The van der Waals surface area contributed by atoms with Crippen LogP contribution in [0, 0.1) is 5.92 Å². The molecule has 0 unspecified atom stereocenters. The Kier molecular flexibility index (Phi) is 6.30. The van der Waals surface area contributed by atoms with E-state index in [1.807, 2.05) is 45.2 Å². The Morgan fingerprint density at radius 3 is 2.70 bits per heavy atom. The second-order valence-corrected chi connectivity index (χ2v) is 5.36. The lowest BCUT2D eigenvalue weighted by Crippen LogP contribution is -2.50. The maximum Gasteiger partial charge on any atom is 0.228 e.